The Morgan fingerprint density at radius 2 is 1.77 bits per heavy atom. The first-order chi connectivity index (χ1) is 11.8. The average Bonchev–Trinajstić information content (AvgIpc) is 2.56. The third kappa shape index (κ3) is 3.62. The van der Waals surface area contributed by atoms with Gasteiger partial charge in [-0.1, -0.05) is 65.0 Å². The van der Waals surface area contributed by atoms with Gasteiger partial charge >= 0.3 is 0 Å². The van der Waals surface area contributed by atoms with Crippen molar-refractivity contribution in [2.45, 2.75) is 84.0 Å². The Hall–Kier alpha value is -1.17. The van der Waals surface area contributed by atoms with Gasteiger partial charge < -0.3 is 14.4 Å². The van der Waals surface area contributed by atoms with E-state index >= 15 is 0 Å². The average molecular weight is 378 g/mol. The van der Waals surface area contributed by atoms with Crippen molar-refractivity contribution >= 4 is 14.2 Å². The van der Waals surface area contributed by atoms with E-state index in [0.29, 0.717) is 6.54 Å². The summed E-state index contributed by atoms with van der Waals surface area (Å²) in [6.45, 7) is 17.8. The van der Waals surface area contributed by atoms with Gasteiger partial charge in [-0.3, -0.25) is 4.79 Å². The topological polar surface area (TPSA) is 49.8 Å². The third-order valence-corrected chi connectivity index (χ3v) is 10.7. The van der Waals surface area contributed by atoms with E-state index in [1.165, 1.54) is 0 Å². The van der Waals surface area contributed by atoms with Crippen LogP contribution in [-0.2, 0) is 15.8 Å². The van der Waals surface area contributed by atoms with Crippen LogP contribution in [0.25, 0.3) is 0 Å². The summed E-state index contributed by atoms with van der Waals surface area (Å²) in [5.41, 5.74) is 0.352. The van der Waals surface area contributed by atoms with Crippen molar-refractivity contribution < 1.29 is 14.3 Å². The Kier molecular flexibility index (Phi) is 5.77. The number of amides is 1. The van der Waals surface area contributed by atoms with Gasteiger partial charge in [-0.15, -0.1) is 0 Å². The fourth-order valence-electron chi connectivity index (χ4n) is 3.46. The molecule has 1 aliphatic rings. The third-order valence-electron chi connectivity index (χ3n) is 6.23. The molecule has 1 aromatic rings. The zero-order valence-corrected chi connectivity index (χ0v) is 18.5. The van der Waals surface area contributed by atoms with Gasteiger partial charge in [0.15, 0.2) is 14.4 Å². The summed E-state index contributed by atoms with van der Waals surface area (Å²) in [5, 5.41) is 10.7. The number of hydrogen-bond donors (Lipinski definition) is 1. The number of hydrogen-bond acceptors (Lipinski definition) is 3. The lowest BCUT2D eigenvalue weighted by atomic mass is 9.73. The Bertz CT molecular complexity index is 638. The summed E-state index contributed by atoms with van der Waals surface area (Å²) in [7, 11) is -2.05. The molecular weight excluding hydrogens is 342 g/mol. The number of nitrogens with zero attached hydrogens (tertiary/aromatic N) is 1. The minimum Gasteiger partial charge on any atom is -0.411 e. The fraction of sp³-hybridized carbons (Fsp3) is 0.667. The summed E-state index contributed by atoms with van der Waals surface area (Å²) in [5.74, 6) is -0.0176. The van der Waals surface area contributed by atoms with Crippen molar-refractivity contribution in [1.82, 2.24) is 4.90 Å². The second-order valence-electron chi connectivity index (χ2n) is 9.58. The zero-order chi connectivity index (χ0) is 19.9. The van der Waals surface area contributed by atoms with Crippen LogP contribution in [0.4, 0.5) is 0 Å². The zero-order valence-electron chi connectivity index (χ0n) is 17.5. The van der Waals surface area contributed by atoms with Gasteiger partial charge in [-0.25, -0.2) is 0 Å². The summed E-state index contributed by atoms with van der Waals surface area (Å²) in [6.07, 6.45) is -1.22. The fourth-order valence-corrected chi connectivity index (χ4v) is 4.96. The Balaban J connectivity index is 2.33. The molecule has 0 unspecified atom stereocenters. The Labute approximate surface area is 159 Å². The van der Waals surface area contributed by atoms with Gasteiger partial charge in [0, 0.05) is 6.54 Å². The molecule has 1 N–H and O–H groups in total. The van der Waals surface area contributed by atoms with E-state index in [0.717, 1.165) is 5.56 Å². The van der Waals surface area contributed by atoms with E-state index < -0.39 is 20.0 Å². The highest BCUT2D eigenvalue weighted by Gasteiger charge is 2.62. The molecule has 0 bridgehead atoms. The van der Waals surface area contributed by atoms with Crippen LogP contribution in [0.5, 0.6) is 0 Å². The van der Waals surface area contributed by atoms with E-state index in [9.17, 15) is 9.90 Å². The number of benzene rings is 1. The highest BCUT2D eigenvalue weighted by atomic mass is 28.4. The lowest BCUT2D eigenvalue weighted by Crippen LogP contribution is -2.78. The number of likely N-dealkylation sites (tertiary alicyclic amines) is 1. The highest BCUT2D eigenvalue weighted by molar-refractivity contribution is 6.74. The maximum atomic E-state index is 12.5. The first kappa shape index (κ1) is 21.1. The molecule has 1 heterocycles. The maximum absolute atomic E-state index is 12.5. The number of carbonyl (C=O) groups excluding carboxylic acids is 1. The first-order valence-electron chi connectivity index (χ1n) is 9.53. The second kappa shape index (κ2) is 7.10. The number of β-lactam (4-membered cyclic amide) rings is 1. The van der Waals surface area contributed by atoms with Crippen LogP contribution in [0.1, 0.15) is 47.1 Å². The minimum absolute atomic E-state index is 0.0689. The van der Waals surface area contributed by atoms with Crippen LogP contribution >= 0.6 is 0 Å². The highest BCUT2D eigenvalue weighted by Crippen LogP contribution is 2.45. The molecule has 1 aromatic carbocycles. The Morgan fingerprint density at radius 1 is 1.23 bits per heavy atom. The van der Waals surface area contributed by atoms with E-state index in [1.54, 1.807) is 4.90 Å². The SMILES string of the molecule is CC(C)[C@H](O[Si](C)(C)C(C)(C)C)[C@]1(C)[C@H](O)C(=O)N1Cc1ccccc1. The predicted molar refractivity (Wildman–Crippen MR) is 108 cm³/mol. The van der Waals surface area contributed by atoms with Crippen molar-refractivity contribution in [1.29, 1.82) is 0 Å². The lowest BCUT2D eigenvalue weighted by molar-refractivity contribution is -0.204. The smallest absolute Gasteiger partial charge is 0.254 e. The molecule has 1 aliphatic heterocycles. The minimum atomic E-state index is -2.05. The summed E-state index contributed by atoms with van der Waals surface area (Å²) in [6, 6.07) is 9.93. The van der Waals surface area contributed by atoms with Crippen LogP contribution in [0, 0.1) is 5.92 Å². The quantitative estimate of drug-likeness (QED) is 0.597. The van der Waals surface area contributed by atoms with Gasteiger partial charge in [-0.2, -0.15) is 0 Å². The summed E-state index contributed by atoms with van der Waals surface area (Å²) >= 11 is 0. The molecule has 0 aliphatic carbocycles. The standard InChI is InChI=1S/C21H35NO3Si/c1-15(2)18(25-26(7,8)20(3,4)5)21(6)17(23)19(24)22(21)14-16-12-10-9-11-13-16/h9-13,15,17-18,23H,14H2,1-8H3/t17-,18+,21+/m1/s1. The van der Waals surface area contributed by atoms with Gasteiger partial charge in [-0.05, 0) is 36.5 Å². The molecule has 2 rings (SSSR count). The number of aliphatic hydroxyl groups is 1. The molecule has 3 atom stereocenters. The maximum Gasteiger partial charge on any atom is 0.254 e. The molecule has 0 radical (unpaired) electrons. The van der Waals surface area contributed by atoms with E-state index in [4.69, 9.17) is 4.43 Å². The van der Waals surface area contributed by atoms with Crippen LogP contribution in [-0.4, -0.2) is 42.0 Å². The van der Waals surface area contributed by atoms with Gasteiger partial charge in [0.25, 0.3) is 5.91 Å². The van der Waals surface area contributed by atoms with Crippen LogP contribution in [0.15, 0.2) is 30.3 Å². The monoisotopic (exact) mass is 377 g/mol. The van der Waals surface area contributed by atoms with Crippen molar-refractivity contribution in [2.24, 2.45) is 5.92 Å². The molecule has 26 heavy (non-hydrogen) atoms. The van der Waals surface area contributed by atoms with Crippen LogP contribution in [0.3, 0.4) is 0 Å². The molecular formula is C21H35NO3Si. The van der Waals surface area contributed by atoms with Gasteiger partial charge in [0.1, 0.15) is 5.54 Å². The largest absolute Gasteiger partial charge is 0.411 e. The summed E-state index contributed by atoms with van der Waals surface area (Å²) < 4.78 is 6.74. The molecule has 146 valence electrons. The molecule has 1 fully saturated rings. The normalized spacial score (nSPS) is 25.4. The molecule has 1 saturated heterocycles. The molecule has 1 amide bonds. The van der Waals surface area contributed by atoms with E-state index in [-0.39, 0.29) is 23.0 Å². The molecule has 4 nitrogen and oxygen atoms in total. The van der Waals surface area contributed by atoms with E-state index in [2.05, 4.69) is 47.7 Å². The predicted octanol–water partition coefficient (Wildman–Crippen LogP) is 4.19. The summed E-state index contributed by atoms with van der Waals surface area (Å²) in [4.78, 5) is 14.3. The molecule has 0 spiro atoms. The molecule has 0 aromatic heterocycles. The number of rotatable bonds is 6. The second-order valence-corrected chi connectivity index (χ2v) is 14.3. The Morgan fingerprint density at radius 3 is 2.23 bits per heavy atom. The van der Waals surface area contributed by atoms with Gasteiger partial charge in [0.2, 0.25) is 0 Å². The van der Waals surface area contributed by atoms with Crippen molar-refractivity contribution in [3.63, 3.8) is 0 Å². The number of aliphatic hydroxyl groups excluding tert-OH is 1. The number of carbonyl (C=O) groups is 1. The lowest BCUT2D eigenvalue weighted by Gasteiger charge is -2.59. The molecule has 0 saturated carbocycles. The van der Waals surface area contributed by atoms with Crippen molar-refractivity contribution in [3.8, 4) is 0 Å². The first-order valence-corrected chi connectivity index (χ1v) is 12.4. The van der Waals surface area contributed by atoms with Crippen molar-refractivity contribution in [2.75, 3.05) is 0 Å². The molecule has 5 heteroatoms. The van der Waals surface area contributed by atoms with Crippen molar-refractivity contribution in [3.05, 3.63) is 35.9 Å². The van der Waals surface area contributed by atoms with Crippen LogP contribution < -0.4 is 0 Å². The van der Waals surface area contributed by atoms with Crippen LogP contribution in [0.2, 0.25) is 18.1 Å². The van der Waals surface area contributed by atoms with E-state index in [1.807, 2.05) is 37.3 Å². The van der Waals surface area contributed by atoms with Gasteiger partial charge in [0.05, 0.1) is 6.10 Å².